The summed E-state index contributed by atoms with van der Waals surface area (Å²) >= 11 is 3.15. The van der Waals surface area contributed by atoms with E-state index >= 15 is 0 Å². The van der Waals surface area contributed by atoms with Crippen molar-refractivity contribution in [2.24, 2.45) is 0 Å². The van der Waals surface area contributed by atoms with E-state index in [0.717, 1.165) is 13.0 Å². The van der Waals surface area contributed by atoms with Gasteiger partial charge in [-0.05, 0) is 31.5 Å². The van der Waals surface area contributed by atoms with Gasteiger partial charge in [0.05, 0.1) is 5.56 Å². The molecule has 1 N–H and O–H groups in total. The molecule has 0 bridgehead atoms. The molecule has 0 aromatic heterocycles. The lowest BCUT2D eigenvalue weighted by Gasteiger charge is -2.21. The molecule has 1 heterocycles. The van der Waals surface area contributed by atoms with Crippen molar-refractivity contribution >= 4 is 27.7 Å². The topological polar surface area (TPSA) is 49.4 Å². The lowest BCUT2D eigenvalue weighted by Crippen LogP contribution is -2.42. The van der Waals surface area contributed by atoms with E-state index in [4.69, 9.17) is 0 Å². The molecule has 1 saturated heterocycles. The molecule has 108 valence electrons. The van der Waals surface area contributed by atoms with E-state index in [2.05, 4.69) is 21.2 Å². The zero-order chi connectivity index (χ0) is 14.7. The van der Waals surface area contributed by atoms with E-state index in [9.17, 15) is 14.0 Å². The van der Waals surface area contributed by atoms with Gasteiger partial charge in [0, 0.05) is 30.0 Å². The van der Waals surface area contributed by atoms with Crippen molar-refractivity contribution in [3.05, 3.63) is 34.1 Å². The number of carbonyl (C=O) groups excluding carboxylic acids is 2. The van der Waals surface area contributed by atoms with Gasteiger partial charge in [0.1, 0.15) is 5.82 Å². The van der Waals surface area contributed by atoms with E-state index in [-0.39, 0.29) is 17.5 Å². The Hall–Kier alpha value is -1.43. The second-order valence-corrected chi connectivity index (χ2v) is 5.86. The Balaban J connectivity index is 1.95. The zero-order valence-electron chi connectivity index (χ0n) is 11.2. The van der Waals surface area contributed by atoms with Gasteiger partial charge >= 0.3 is 0 Å². The first-order valence-electron chi connectivity index (χ1n) is 6.51. The number of carbonyl (C=O) groups is 2. The Morgan fingerprint density at radius 2 is 2.30 bits per heavy atom. The highest BCUT2D eigenvalue weighted by Gasteiger charge is 2.23. The molecule has 4 nitrogen and oxygen atoms in total. The highest BCUT2D eigenvalue weighted by atomic mass is 79.9. The molecule has 1 aliphatic heterocycles. The molecular weight excluding hydrogens is 327 g/mol. The third-order valence-electron chi connectivity index (χ3n) is 3.22. The molecule has 1 aromatic carbocycles. The van der Waals surface area contributed by atoms with Crippen molar-refractivity contribution in [1.29, 1.82) is 0 Å². The number of hydrogen-bond acceptors (Lipinski definition) is 2. The molecule has 6 heteroatoms. The van der Waals surface area contributed by atoms with Gasteiger partial charge < -0.3 is 10.2 Å². The number of nitrogens with zero attached hydrogens (tertiary/aromatic N) is 1. The lowest BCUT2D eigenvalue weighted by molar-refractivity contribution is -0.127. The summed E-state index contributed by atoms with van der Waals surface area (Å²) in [6, 6.07) is 4.09. The maximum absolute atomic E-state index is 13.7. The average molecular weight is 343 g/mol. The first-order valence-corrected chi connectivity index (χ1v) is 7.30. The molecule has 1 fully saturated rings. The monoisotopic (exact) mass is 342 g/mol. The Bertz CT molecular complexity index is 536. The van der Waals surface area contributed by atoms with Crippen LogP contribution in [0.3, 0.4) is 0 Å². The van der Waals surface area contributed by atoms with Crippen LogP contribution in [0.2, 0.25) is 0 Å². The smallest absolute Gasteiger partial charge is 0.254 e. The van der Waals surface area contributed by atoms with Gasteiger partial charge in [0.2, 0.25) is 5.91 Å². The second kappa shape index (κ2) is 6.35. The van der Waals surface area contributed by atoms with E-state index in [0.29, 0.717) is 17.4 Å². The SMILES string of the molecule is C[C@H](CN1CCCC1=O)NC(=O)c1ccc(Br)cc1F. The van der Waals surface area contributed by atoms with E-state index in [1.807, 2.05) is 0 Å². The Labute approximate surface area is 125 Å². The third-order valence-corrected chi connectivity index (χ3v) is 3.71. The molecule has 2 amide bonds. The standard InChI is InChI=1S/C14H16BrFN2O2/c1-9(8-18-6-2-3-13(18)19)17-14(20)11-5-4-10(15)7-12(11)16/h4-5,7,9H,2-3,6,8H2,1H3,(H,17,20)/t9-/m1/s1. The first kappa shape index (κ1) is 15.0. The average Bonchev–Trinajstić information content (AvgIpc) is 2.74. The molecular formula is C14H16BrFN2O2. The number of amides is 2. The maximum atomic E-state index is 13.7. The molecule has 0 radical (unpaired) electrons. The van der Waals surface area contributed by atoms with Crippen molar-refractivity contribution in [2.45, 2.75) is 25.8 Å². The summed E-state index contributed by atoms with van der Waals surface area (Å²) in [5, 5.41) is 2.72. The highest BCUT2D eigenvalue weighted by molar-refractivity contribution is 9.10. The fraction of sp³-hybridized carbons (Fsp3) is 0.429. The van der Waals surface area contributed by atoms with Crippen LogP contribution in [0.4, 0.5) is 4.39 Å². The summed E-state index contributed by atoms with van der Waals surface area (Å²) < 4.78 is 14.2. The number of rotatable bonds is 4. The minimum absolute atomic E-state index is 0.00722. The van der Waals surface area contributed by atoms with E-state index in [1.165, 1.54) is 12.1 Å². The van der Waals surface area contributed by atoms with Gasteiger partial charge in [-0.15, -0.1) is 0 Å². The third kappa shape index (κ3) is 3.56. The minimum Gasteiger partial charge on any atom is -0.348 e. The molecule has 1 aromatic rings. The van der Waals surface area contributed by atoms with Crippen molar-refractivity contribution in [3.63, 3.8) is 0 Å². The Morgan fingerprint density at radius 1 is 1.55 bits per heavy atom. The fourth-order valence-corrected chi connectivity index (χ4v) is 2.58. The summed E-state index contributed by atoms with van der Waals surface area (Å²) in [4.78, 5) is 25.2. The van der Waals surface area contributed by atoms with E-state index < -0.39 is 11.7 Å². The van der Waals surface area contributed by atoms with Crippen molar-refractivity contribution in [2.75, 3.05) is 13.1 Å². The highest BCUT2D eigenvalue weighted by Crippen LogP contribution is 2.15. The quantitative estimate of drug-likeness (QED) is 0.912. The number of likely N-dealkylation sites (tertiary alicyclic amines) is 1. The molecule has 1 aliphatic rings. The Morgan fingerprint density at radius 3 is 2.90 bits per heavy atom. The summed E-state index contributed by atoms with van der Waals surface area (Å²) in [7, 11) is 0. The zero-order valence-corrected chi connectivity index (χ0v) is 12.7. The molecule has 0 spiro atoms. The number of halogens is 2. The van der Waals surface area contributed by atoms with Crippen LogP contribution in [-0.2, 0) is 4.79 Å². The van der Waals surface area contributed by atoms with Crippen LogP contribution in [0.1, 0.15) is 30.1 Å². The molecule has 0 saturated carbocycles. The van der Waals surface area contributed by atoms with Crippen molar-refractivity contribution < 1.29 is 14.0 Å². The Kier molecular flexibility index (Phi) is 4.75. The molecule has 20 heavy (non-hydrogen) atoms. The van der Waals surface area contributed by atoms with E-state index in [1.54, 1.807) is 17.9 Å². The summed E-state index contributed by atoms with van der Waals surface area (Å²) in [5.41, 5.74) is 0.00722. The minimum atomic E-state index is -0.568. The van der Waals surface area contributed by atoms with Gasteiger partial charge in [-0.1, -0.05) is 15.9 Å². The number of nitrogens with one attached hydrogen (secondary N) is 1. The second-order valence-electron chi connectivity index (χ2n) is 4.94. The van der Waals surface area contributed by atoms with Gasteiger partial charge in [-0.3, -0.25) is 9.59 Å². The van der Waals surface area contributed by atoms with Gasteiger partial charge in [-0.25, -0.2) is 4.39 Å². The van der Waals surface area contributed by atoms with Crippen LogP contribution in [0.5, 0.6) is 0 Å². The molecule has 2 rings (SSSR count). The van der Waals surface area contributed by atoms with Crippen molar-refractivity contribution in [1.82, 2.24) is 10.2 Å². The van der Waals surface area contributed by atoms with Crippen LogP contribution >= 0.6 is 15.9 Å². The fourth-order valence-electron chi connectivity index (χ4n) is 2.25. The van der Waals surface area contributed by atoms with Gasteiger partial charge in [-0.2, -0.15) is 0 Å². The van der Waals surface area contributed by atoms with Crippen LogP contribution in [0.25, 0.3) is 0 Å². The predicted octanol–water partition coefficient (Wildman–Crippen LogP) is 2.33. The van der Waals surface area contributed by atoms with Crippen LogP contribution in [0.15, 0.2) is 22.7 Å². The molecule has 1 atom stereocenters. The first-order chi connectivity index (χ1) is 9.47. The predicted molar refractivity (Wildman–Crippen MR) is 76.8 cm³/mol. The van der Waals surface area contributed by atoms with Crippen LogP contribution in [-0.4, -0.2) is 35.8 Å². The molecule has 0 aliphatic carbocycles. The van der Waals surface area contributed by atoms with Crippen LogP contribution in [0, 0.1) is 5.82 Å². The number of hydrogen-bond donors (Lipinski definition) is 1. The summed E-state index contributed by atoms with van der Waals surface area (Å²) in [5.74, 6) is -0.920. The van der Waals surface area contributed by atoms with Crippen LogP contribution < -0.4 is 5.32 Å². The largest absolute Gasteiger partial charge is 0.348 e. The maximum Gasteiger partial charge on any atom is 0.254 e. The molecule has 0 unspecified atom stereocenters. The van der Waals surface area contributed by atoms with Crippen molar-refractivity contribution in [3.8, 4) is 0 Å². The normalized spacial score (nSPS) is 16.4. The lowest BCUT2D eigenvalue weighted by atomic mass is 10.2. The summed E-state index contributed by atoms with van der Waals surface area (Å²) in [6.07, 6.45) is 1.43. The number of benzene rings is 1. The van der Waals surface area contributed by atoms with Gasteiger partial charge in [0.25, 0.3) is 5.91 Å². The summed E-state index contributed by atoms with van der Waals surface area (Å²) in [6.45, 7) is 2.99. The van der Waals surface area contributed by atoms with Gasteiger partial charge in [0.15, 0.2) is 0 Å².